The third-order valence-corrected chi connectivity index (χ3v) is 6.01. The number of aliphatic imine (C=N–C) groups is 1. The van der Waals surface area contributed by atoms with Gasteiger partial charge < -0.3 is 5.32 Å². The topological polar surface area (TPSA) is 74.7 Å². The monoisotopic (exact) mass is 454 g/mol. The van der Waals surface area contributed by atoms with Crippen LogP contribution in [-0.4, -0.2) is 35.1 Å². The number of rotatable bonds is 8. The quantitative estimate of drug-likeness (QED) is 0.539. The lowest BCUT2D eigenvalue weighted by molar-refractivity contribution is -0.123. The number of amides is 2. The molecule has 0 aliphatic carbocycles. The summed E-state index contributed by atoms with van der Waals surface area (Å²) in [5.74, 6) is 0.0175. The predicted molar refractivity (Wildman–Crippen MR) is 136 cm³/mol. The number of hydrogen-bond acceptors (Lipinski definition) is 4. The Hall–Kier alpha value is -3.80. The van der Waals surface area contributed by atoms with Crippen molar-refractivity contribution in [2.24, 2.45) is 4.99 Å². The lowest BCUT2D eigenvalue weighted by atomic mass is 10.0. The van der Waals surface area contributed by atoms with E-state index < -0.39 is 0 Å². The number of carbonyl (C=O) groups is 2. The third kappa shape index (κ3) is 5.76. The molecule has 2 amide bonds. The van der Waals surface area contributed by atoms with Crippen molar-refractivity contribution in [3.63, 3.8) is 0 Å². The van der Waals surface area contributed by atoms with Gasteiger partial charge >= 0.3 is 0 Å². The Morgan fingerprint density at radius 2 is 1.79 bits per heavy atom. The average molecular weight is 455 g/mol. The van der Waals surface area contributed by atoms with Gasteiger partial charge in [0.1, 0.15) is 12.2 Å². The standard InChI is InChI=1S/C28H30N4O2/c1-3-21-13-15-23(16-14-21)25-18-27(34)32(28-24(31-25)10-7-17-29-28)19-26(33)30-20(2)11-12-22-8-5-4-6-9-22/h4-10,13-17,20H,3,11-12,18-19H2,1-2H3,(H,30,33). The van der Waals surface area contributed by atoms with Crippen molar-refractivity contribution >= 4 is 29.0 Å². The third-order valence-electron chi connectivity index (χ3n) is 6.01. The van der Waals surface area contributed by atoms with Crippen molar-refractivity contribution in [1.29, 1.82) is 0 Å². The summed E-state index contributed by atoms with van der Waals surface area (Å²) in [5, 5.41) is 3.03. The van der Waals surface area contributed by atoms with Gasteiger partial charge in [-0.05, 0) is 55.0 Å². The minimum absolute atomic E-state index is 0.0121. The Bertz CT molecular complexity index is 1170. The molecule has 174 valence electrons. The first-order valence-electron chi connectivity index (χ1n) is 11.8. The van der Waals surface area contributed by atoms with E-state index in [1.165, 1.54) is 16.0 Å². The van der Waals surface area contributed by atoms with E-state index in [1.54, 1.807) is 12.3 Å². The number of nitrogens with one attached hydrogen (secondary N) is 1. The van der Waals surface area contributed by atoms with Crippen LogP contribution in [0.4, 0.5) is 11.5 Å². The molecular formula is C28H30N4O2. The van der Waals surface area contributed by atoms with Crippen molar-refractivity contribution in [2.75, 3.05) is 11.4 Å². The summed E-state index contributed by atoms with van der Waals surface area (Å²) in [4.78, 5) is 36.7. The van der Waals surface area contributed by atoms with Crippen LogP contribution in [0.5, 0.6) is 0 Å². The zero-order valence-corrected chi connectivity index (χ0v) is 19.7. The largest absolute Gasteiger partial charge is 0.352 e. The fourth-order valence-electron chi connectivity index (χ4n) is 4.05. The molecule has 0 radical (unpaired) electrons. The number of nitrogens with zero attached hydrogens (tertiary/aromatic N) is 3. The van der Waals surface area contributed by atoms with Crippen LogP contribution in [-0.2, 0) is 22.4 Å². The normalized spacial score (nSPS) is 14.1. The number of benzene rings is 2. The van der Waals surface area contributed by atoms with Crippen LogP contribution in [0.15, 0.2) is 77.9 Å². The summed E-state index contributed by atoms with van der Waals surface area (Å²) in [6.45, 7) is 4.00. The average Bonchev–Trinajstić information content (AvgIpc) is 3.00. The number of anilines is 1. The van der Waals surface area contributed by atoms with E-state index in [1.807, 2.05) is 43.3 Å². The van der Waals surface area contributed by atoms with Crippen LogP contribution < -0.4 is 10.2 Å². The van der Waals surface area contributed by atoms with E-state index in [4.69, 9.17) is 4.99 Å². The van der Waals surface area contributed by atoms with Crippen molar-refractivity contribution in [3.8, 4) is 0 Å². The summed E-state index contributed by atoms with van der Waals surface area (Å²) in [5.41, 5.74) is 4.64. The number of fused-ring (bicyclic) bond motifs is 1. The first-order valence-corrected chi connectivity index (χ1v) is 11.8. The van der Waals surface area contributed by atoms with Crippen molar-refractivity contribution in [1.82, 2.24) is 10.3 Å². The lowest BCUT2D eigenvalue weighted by Gasteiger charge is -2.22. The minimum atomic E-state index is -0.207. The molecule has 0 saturated carbocycles. The molecule has 2 heterocycles. The summed E-state index contributed by atoms with van der Waals surface area (Å²) in [6, 6.07) is 21.9. The molecular weight excluding hydrogens is 424 g/mol. The second-order valence-electron chi connectivity index (χ2n) is 8.60. The van der Waals surface area contributed by atoms with E-state index >= 15 is 0 Å². The molecule has 1 atom stereocenters. The van der Waals surface area contributed by atoms with Crippen molar-refractivity contribution in [3.05, 3.63) is 89.6 Å². The number of hydrogen-bond donors (Lipinski definition) is 1. The highest BCUT2D eigenvalue weighted by atomic mass is 16.2. The minimum Gasteiger partial charge on any atom is -0.352 e. The maximum absolute atomic E-state index is 13.2. The van der Waals surface area contributed by atoms with Gasteiger partial charge in [-0.1, -0.05) is 61.5 Å². The number of carbonyl (C=O) groups excluding carboxylic acids is 2. The van der Waals surface area contributed by atoms with Gasteiger partial charge in [0.25, 0.3) is 0 Å². The fourth-order valence-corrected chi connectivity index (χ4v) is 4.05. The Balaban J connectivity index is 1.45. The van der Waals surface area contributed by atoms with Crippen molar-refractivity contribution < 1.29 is 9.59 Å². The molecule has 4 rings (SSSR count). The number of pyridine rings is 1. The molecule has 0 bridgehead atoms. The number of aryl methyl sites for hydroxylation is 2. The number of aromatic nitrogens is 1. The summed E-state index contributed by atoms with van der Waals surface area (Å²) in [6.07, 6.45) is 4.38. The summed E-state index contributed by atoms with van der Waals surface area (Å²) < 4.78 is 0. The molecule has 0 saturated heterocycles. The highest BCUT2D eigenvalue weighted by molar-refractivity contribution is 6.18. The van der Waals surface area contributed by atoms with Crippen LogP contribution in [0.25, 0.3) is 0 Å². The highest BCUT2D eigenvalue weighted by Crippen LogP contribution is 2.30. The molecule has 1 aliphatic heterocycles. The maximum Gasteiger partial charge on any atom is 0.240 e. The molecule has 0 fully saturated rings. The Morgan fingerprint density at radius 1 is 1.03 bits per heavy atom. The van der Waals surface area contributed by atoms with Crippen LogP contribution in [0, 0.1) is 0 Å². The first-order chi connectivity index (χ1) is 16.5. The fraction of sp³-hybridized carbons (Fsp3) is 0.286. The molecule has 1 N–H and O–H groups in total. The van der Waals surface area contributed by atoms with Crippen LogP contribution in [0.3, 0.4) is 0 Å². The summed E-state index contributed by atoms with van der Waals surface area (Å²) in [7, 11) is 0. The zero-order chi connectivity index (χ0) is 23.9. The maximum atomic E-state index is 13.2. The van der Waals surface area contributed by atoms with Gasteiger partial charge in [-0.2, -0.15) is 0 Å². The van der Waals surface area contributed by atoms with E-state index in [-0.39, 0.29) is 30.8 Å². The Kier molecular flexibility index (Phi) is 7.48. The van der Waals surface area contributed by atoms with E-state index in [2.05, 4.69) is 41.5 Å². The lowest BCUT2D eigenvalue weighted by Crippen LogP contribution is -2.44. The molecule has 1 aliphatic rings. The van der Waals surface area contributed by atoms with Gasteiger partial charge in [0.05, 0.1) is 12.1 Å². The van der Waals surface area contributed by atoms with Crippen LogP contribution in [0.1, 0.15) is 43.4 Å². The van der Waals surface area contributed by atoms with Gasteiger partial charge in [0.15, 0.2) is 5.82 Å². The van der Waals surface area contributed by atoms with Gasteiger partial charge in [-0.3, -0.25) is 14.5 Å². The van der Waals surface area contributed by atoms with Crippen LogP contribution in [0.2, 0.25) is 0 Å². The Labute approximate surface area is 200 Å². The SMILES string of the molecule is CCc1ccc(C2=Nc3cccnc3N(CC(=O)NC(C)CCc3ccccc3)C(=O)C2)cc1. The van der Waals surface area contributed by atoms with Gasteiger partial charge in [0.2, 0.25) is 11.8 Å². The highest BCUT2D eigenvalue weighted by Gasteiger charge is 2.28. The zero-order valence-electron chi connectivity index (χ0n) is 19.7. The van der Waals surface area contributed by atoms with E-state index in [9.17, 15) is 9.59 Å². The van der Waals surface area contributed by atoms with Crippen molar-refractivity contribution in [2.45, 2.75) is 45.6 Å². The molecule has 3 aromatic rings. The second kappa shape index (κ2) is 10.9. The smallest absolute Gasteiger partial charge is 0.240 e. The molecule has 6 nitrogen and oxygen atoms in total. The molecule has 1 unspecified atom stereocenters. The summed E-state index contributed by atoms with van der Waals surface area (Å²) >= 11 is 0. The molecule has 0 spiro atoms. The molecule has 2 aromatic carbocycles. The van der Waals surface area contributed by atoms with Gasteiger partial charge in [0, 0.05) is 12.2 Å². The molecule has 6 heteroatoms. The first kappa shape index (κ1) is 23.4. The van der Waals surface area contributed by atoms with Gasteiger partial charge in [-0.25, -0.2) is 9.98 Å². The second-order valence-corrected chi connectivity index (χ2v) is 8.60. The predicted octanol–water partition coefficient (Wildman–Crippen LogP) is 4.64. The molecule has 1 aromatic heterocycles. The van der Waals surface area contributed by atoms with E-state index in [0.717, 1.165) is 24.8 Å². The Morgan fingerprint density at radius 3 is 2.53 bits per heavy atom. The van der Waals surface area contributed by atoms with E-state index in [0.29, 0.717) is 17.2 Å². The molecule has 34 heavy (non-hydrogen) atoms. The van der Waals surface area contributed by atoms with Crippen LogP contribution >= 0.6 is 0 Å². The van der Waals surface area contributed by atoms with Gasteiger partial charge in [-0.15, -0.1) is 0 Å².